The van der Waals surface area contributed by atoms with Gasteiger partial charge in [0.05, 0.1) is 0 Å². The molecule has 0 saturated heterocycles. The van der Waals surface area contributed by atoms with E-state index in [1.807, 2.05) is 6.20 Å². The van der Waals surface area contributed by atoms with Gasteiger partial charge in [0, 0.05) is 11.9 Å². The Morgan fingerprint density at radius 1 is 1.18 bits per heavy atom. The molecule has 1 aliphatic rings. The van der Waals surface area contributed by atoms with Crippen LogP contribution >= 0.6 is 0 Å². The van der Waals surface area contributed by atoms with Gasteiger partial charge in [-0.25, -0.2) is 0 Å². The molecule has 1 aromatic carbocycles. The van der Waals surface area contributed by atoms with Gasteiger partial charge >= 0.3 is 0 Å². The minimum Gasteiger partial charge on any atom is -0.261 e. The zero-order valence-corrected chi connectivity index (χ0v) is 11.2. The Balaban J connectivity index is 2.24. The third-order valence-electron chi connectivity index (χ3n) is 3.61. The monoisotopic (exact) mass is 227 g/mol. The first kappa shape index (κ1) is 12.1. The Hall–Kier alpha value is -1.37. The van der Waals surface area contributed by atoms with E-state index in [1.54, 1.807) is 0 Å². The summed E-state index contributed by atoms with van der Waals surface area (Å²) in [5.74, 6) is 1.21. The molecule has 1 heterocycles. The highest BCUT2D eigenvalue weighted by molar-refractivity contribution is 6.01. The summed E-state index contributed by atoms with van der Waals surface area (Å²) >= 11 is 0. The quantitative estimate of drug-likeness (QED) is 0.703. The molecule has 1 heteroatoms. The van der Waals surface area contributed by atoms with Gasteiger partial charge in [-0.3, -0.25) is 4.99 Å². The van der Waals surface area contributed by atoms with E-state index in [-0.39, 0.29) is 0 Å². The predicted molar refractivity (Wildman–Crippen MR) is 74.6 cm³/mol. The number of benzene rings is 1. The van der Waals surface area contributed by atoms with E-state index >= 15 is 0 Å². The second-order valence-electron chi connectivity index (χ2n) is 5.33. The lowest BCUT2D eigenvalue weighted by molar-refractivity contribution is 0.702. The van der Waals surface area contributed by atoms with Crippen LogP contribution in [-0.4, -0.2) is 5.71 Å². The van der Waals surface area contributed by atoms with E-state index in [4.69, 9.17) is 0 Å². The summed E-state index contributed by atoms with van der Waals surface area (Å²) in [6.45, 7) is 8.87. The van der Waals surface area contributed by atoms with Crippen molar-refractivity contribution in [3.63, 3.8) is 0 Å². The van der Waals surface area contributed by atoms with E-state index < -0.39 is 0 Å². The first-order valence-corrected chi connectivity index (χ1v) is 6.41. The molecular weight excluding hydrogens is 206 g/mol. The highest BCUT2D eigenvalue weighted by Crippen LogP contribution is 2.23. The van der Waals surface area contributed by atoms with E-state index in [9.17, 15) is 0 Å². The molecule has 0 fully saturated rings. The van der Waals surface area contributed by atoms with Gasteiger partial charge in [0.2, 0.25) is 0 Å². The van der Waals surface area contributed by atoms with E-state index in [0.29, 0.717) is 11.8 Å². The molecule has 1 aliphatic heterocycles. The summed E-state index contributed by atoms with van der Waals surface area (Å²) in [5, 5.41) is 0. The molecular formula is C16H21N. The summed E-state index contributed by atoms with van der Waals surface area (Å²) in [5.41, 5.74) is 5.26. The minimum absolute atomic E-state index is 0.596. The third-order valence-corrected chi connectivity index (χ3v) is 3.61. The number of aliphatic imine (C=N–C) groups is 1. The van der Waals surface area contributed by atoms with Crippen LogP contribution in [0.1, 0.15) is 51.2 Å². The van der Waals surface area contributed by atoms with Crippen molar-refractivity contribution in [2.45, 2.75) is 40.0 Å². The van der Waals surface area contributed by atoms with E-state index in [2.05, 4.69) is 57.0 Å². The Morgan fingerprint density at radius 2 is 1.82 bits per heavy atom. The van der Waals surface area contributed by atoms with Gasteiger partial charge in [0.15, 0.2) is 0 Å². The standard InChI is InChI=1S/C16H21N/c1-11(2)14-5-7-15(8-6-14)16-9-12(3)13(4)10-17-16/h5-8,10-12H,9H2,1-4H3. The fraction of sp³-hybridized carbons (Fsp3) is 0.438. The lowest BCUT2D eigenvalue weighted by Crippen LogP contribution is -2.12. The van der Waals surface area contributed by atoms with Gasteiger partial charge < -0.3 is 0 Å². The molecule has 2 rings (SSSR count). The molecule has 1 aromatic rings. The van der Waals surface area contributed by atoms with Crippen LogP contribution in [0.4, 0.5) is 0 Å². The van der Waals surface area contributed by atoms with Crippen LogP contribution in [0.3, 0.4) is 0 Å². The minimum atomic E-state index is 0.596. The van der Waals surface area contributed by atoms with Crippen molar-refractivity contribution in [2.24, 2.45) is 10.9 Å². The van der Waals surface area contributed by atoms with Crippen LogP contribution < -0.4 is 0 Å². The fourth-order valence-corrected chi connectivity index (χ4v) is 2.06. The summed E-state index contributed by atoms with van der Waals surface area (Å²) in [6, 6.07) is 8.85. The Morgan fingerprint density at radius 3 is 2.35 bits per heavy atom. The maximum atomic E-state index is 4.56. The average Bonchev–Trinajstić information content (AvgIpc) is 2.33. The Bertz CT molecular complexity index is 449. The van der Waals surface area contributed by atoms with Crippen LogP contribution in [0.25, 0.3) is 0 Å². The molecule has 0 bridgehead atoms. The van der Waals surface area contributed by atoms with Crippen LogP contribution in [0.5, 0.6) is 0 Å². The molecule has 0 aliphatic carbocycles. The van der Waals surface area contributed by atoms with Gasteiger partial charge in [-0.1, -0.05) is 50.6 Å². The molecule has 1 nitrogen and oxygen atoms in total. The predicted octanol–water partition coefficient (Wildman–Crippen LogP) is 4.54. The highest BCUT2D eigenvalue weighted by Gasteiger charge is 2.14. The number of rotatable bonds is 2. The maximum Gasteiger partial charge on any atom is 0.0481 e. The van der Waals surface area contributed by atoms with Crippen molar-refractivity contribution in [3.05, 3.63) is 47.2 Å². The van der Waals surface area contributed by atoms with Crippen molar-refractivity contribution in [3.8, 4) is 0 Å². The SMILES string of the molecule is CC1=CN=C(c2ccc(C(C)C)cc2)CC1C. The van der Waals surface area contributed by atoms with Gasteiger partial charge in [0.1, 0.15) is 0 Å². The van der Waals surface area contributed by atoms with Crippen LogP contribution in [-0.2, 0) is 0 Å². The molecule has 90 valence electrons. The zero-order valence-electron chi connectivity index (χ0n) is 11.2. The smallest absolute Gasteiger partial charge is 0.0481 e. The van der Waals surface area contributed by atoms with Crippen molar-refractivity contribution in [1.29, 1.82) is 0 Å². The second-order valence-corrected chi connectivity index (χ2v) is 5.33. The lowest BCUT2D eigenvalue weighted by Gasteiger charge is -2.18. The molecule has 0 aromatic heterocycles. The molecule has 1 unspecified atom stereocenters. The van der Waals surface area contributed by atoms with Crippen LogP contribution in [0.2, 0.25) is 0 Å². The molecule has 1 atom stereocenters. The van der Waals surface area contributed by atoms with Crippen molar-refractivity contribution < 1.29 is 0 Å². The number of hydrogen-bond donors (Lipinski definition) is 0. The van der Waals surface area contributed by atoms with E-state index in [1.165, 1.54) is 22.4 Å². The first-order valence-electron chi connectivity index (χ1n) is 6.41. The molecule has 0 radical (unpaired) electrons. The molecule has 0 spiro atoms. The van der Waals surface area contributed by atoms with Gasteiger partial charge in [-0.2, -0.15) is 0 Å². The number of allylic oxidation sites excluding steroid dienone is 1. The molecule has 0 saturated carbocycles. The first-order chi connectivity index (χ1) is 8.08. The molecule has 0 N–H and O–H groups in total. The maximum absolute atomic E-state index is 4.56. The second kappa shape index (κ2) is 4.87. The van der Waals surface area contributed by atoms with Gasteiger partial charge in [-0.05, 0) is 36.3 Å². The zero-order chi connectivity index (χ0) is 12.4. The number of nitrogens with zero attached hydrogens (tertiary/aromatic N) is 1. The fourth-order valence-electron chi connectivity index (χ4n) is 2.06. The summed E-state index contributed by atoms with van der Waals surface area (Å²) in [4.78, 5) is 4.56. The topological polar surface area (TPSA) is 12.4 Å². The third kappa shape index (κ3) is 2.66. The normalized spacial score (nSPS) is 20.2. The van der Waals surface area contributed by atoms with Crippen molar-refractivity contribution in [1.82, 2.24) is 0 Å². The van der Waals surface area contributed by atoms with Crippen molar-refractivity contribution >= 4 is 5.71 Å². The van der Waals surface area contributed by atoms with Gasteiger partial charge in [-0.15, -0.1) is 0 Å². The molecule has 17 heavy (non-hydrogen) atoms. The highest BCUT2D eigenvalue weighted by atomic mass is 14.7. The number of hydrogen-bond acceptors (Lipinski definition) is 1. The summed E-state index contributed by atoms with van der Waals surface area (Å²) < 4.78 is 0. The largest absolute Gasteiger partial charge is 0.261 e. The van der Waals surface area contributed by atoms with Crippen LogP contribution in [0.15, 0.2) is 41.0 Å². The lowest BCUT2D eigenvalue weighted by atomic mass is 9.91. The van der Waals surface area contributed by atoms with Crippen LogP contribution in [0, 0.1) is 5.92 Å². The van der Waals surface area contributed by atoms with Gasteiger partial charge in [0.25, 0.3) is 0 Å². The summed E-state index contributed by atoms with van der Waals surface area (Å²) in [7, 11) is 0. The Kier molecular flexibility index (Phi) is 3.46. The van der Waals surface area contributed by atoms with Crippen molar-refractivity contribution in [2.75, 3.05) is 0 Å². The molecule has 0 amide bonds. The average molecular weight is 227 g/mol. The van der Waals surface area contributed by atoms with E-state index in [0.717, 1.165) is 6.42 Å². The summed E-state index contributed by atoms with van der Waals surface area (Å²) in [6.07, 6.45) is 3.07. The Labute approximate surface area is 104 Å².